The lowest BCUT2D eigenvalue weighted by atomic mass is 10.1. The number of nitrogens with zero attached hydrogens (tertiary/aromatic N) is 1. The number of aromatic nitrogens is 1. The van der Waals surface area contributed by atoms with E-state index < -0.39 is 5.76 Å². The topological polar surface area (TPSA) is 35.1 Å². The second kappa shape index (κ2) is 6.46. The van der Waals surface area contributed by atoms with E-state index in [2.05, 4.69) is 0 Å². The van der Waals surface area contributed by atoms with Crippen LogP contribution in [0.25, 0.3) is 28.3 Å². The van der Waals surface area contributed by atoms with Crippen molar-refractivity contribution in [2.75, 3.05) is 0 Å². The van der Waals surface area contributed by atoms with E-state index in [-0.39, 0.29) is 0 Å². The molecule has 4 heteroatoms. The third-order valence-electron chi connectivity index (χ3n) is 3.96. The third kappa shape index (κ3) is 2.90. The lowest BCUT2D eigenvalue weighted by Crippen LogP contribution is -2.13. The minimum absolute atomic E-state index is 0.444. The molecule has 1 aromatic heterocycles. The van der Waals surface area contributed by atoms with Gasteiger partial charge in [-0.2, -0.15) is 0 Å². The molecule has 0 saturated carbocycles. The molecule has 0 spiro atoms. The maximum atomic E-state index is 12.7. The van der Waals surface area contributed by atoms with Crippen molar-refractivity contribution < 1.29 is 4.42 Å². The van der Waals surface area contributed by atoms with E-state index in [9.17, 15) is 4.79 Å². The summed E-state index contributed by atoms with van der Waals surface area (Å²) in [6.07, 6.45) is 0. The summed E-state index contributed by atoms with van der Waals surface area (Å²) in [4.78, 5) is 12.7. The summed E-state index contributed by atoms with van der Waals surface area (Å²) < 4.78 is 7.20. The highest BCUT2D eigenvalue weighted by atomic mass is 35.5. The van der Waals surface area contributed by atoms with Gasteiger partial charge in [-0.05, 0) is 18.2 Å². The Balaban J connectivity index is 2.05. The SMILES string of the molecule is O=c1oc(-c2ccccc2)c(-c2ccccc2)n1-c1cccc(Cl)c1. The Morgan fingerprint density at radius 1 is 0.760 bits per heavy atom. The zero-order valence-electron chi connectivity index (χ0n) is 13.2. The van der Waals surface area contributed by atoms with Gasteiger partial charge in [0.15, 0.2) is 5.76 Å². The molecule has 1 heterocycles. The summed E-state index contributed by atoms with van der Waals surface area (Å²) in [6, 6.07) is 26.5. The van der Waals surface area contributed by atoms with Crippen molar-refractivity contribution in [1.82, 2.24) is 4.57 Å². The summed E-state index contributed by atoms with van der Waals surface area (Å²) in [5.41, 5.74) is 3.12. The van der Waals surface area contributed by atoms with Gasteiger partial charge in [0, 0.05) is 16.1 Å². The highest BCUT2D eigenvalue weighted by Gasteiger charge is 2.21. The molecule has 122 valence electrons. The van der Waals surface area contributed by atoms with E-state index in [1.165, 1.54) is 0 Å². The van der Waals surface area contributed by atoms with Crippen LogP contribution in [0.4, 0.5) is 0 Å². The lowest BCUT2D eigenvalue weighted by Gasteiger charge is -2.09. The first-order valence-electron chi connectivity index (χ1n) is 7.86. The number of benzene rings is 3. The van der Waals surface area contributed by atoms with E-state index in [0.717, 1.165) is 11.1 Å². The van der Waals surface area contributed by atoms with Crippen LogP contribution in [0, 0.1) is 0 Å². The van der Waals surface area contributed by atoms with Gasteiger partial charge in [-0.15, -0.1) is 0 Å². The van der Waals surface area contributed by atoms with Crippen molar-refractivity contribution in [3.05, 3.63) is 101 Å². The molecule has 3 aromatic carbocycles. The normalized spacial score (nSPS) is 10.8. The fourth-order valence-corrected chi connectivity index (χ4v) is 3.05. The average molecular weight is 348 g/mol. The minimum Gasteiger partial charge on any atom is -0.407 e. The van der Waals surface area contributed by atoms with Gasteiger partial charge >= 0.3 is 5.76 Å². The van der Waals surface area contributed by atoms with Crippen LogP contribution in [0.1, 0.15) is 0 Å². The Morgan fingerprint density at radius 3 is 2.04 bits per heavy atom. The first-order valence-corrected chi connectivity index (χ1v) is 8.24. The van der Waals surface area contributed by atoms with Crippen LogP contribution < -0.4 is 5.76 Å². The molecule has 0 N–H and O–H groups in total. The predicted molar refractivity (Wildman–Crippen MR) is 100 cm³/mol. The molecule has 0 aliphatic heterocycles. The summed E-state index contributed by atoms with van der Waals surface area (Å²) in [6.45, 7) is 0. The molecule has 0 unspecified atom stereocenters. The van der Waals surface area contributed by atoms with E-state index in [1.54, 1.807) is 16.7 Å². The first kappa shape index (κ1) is 15.5. The van der Waals surface area contributed by atoms with Gasteiger partial charge in [0.2, 0.25) is 0 Å². The second-order valence-corrected chi connectivity index (χ2v) is 6.03. The van der Waals surface area contributed by atoms with Crippen LogP contribution >= 0.6 is 11.6 Å². The molecule has 0 bridgehead atoms. The lowest BCUT2D eigenvalue weighted by molar-refractivity contribution is 0.516. The minimum atomic E-state index is -0.444. The number of hydrogen-bond acceptors (Lipinski definition) is 2. The van der Waals surface area contributed by atoms with Crippen LogP contribution in [0.15, 0.2) is 94.1 Å². The number of rotatable bonds is 3. The largest absolute Gasteiger partial charge is 0.424 e. The van der Waals surface area contributed by atoms with E-state index >= 15 is 0 Å². The monoisotopic (exact) mass is 347 g/mol. The quantitative estimate of drug-likeness (QED) is 0.496. The van der Waals surface area contributed by atoms with Crippen LogP contribution in [0.2, 0.25) is 5.02 Å². The van der Waals surface area contributed by atoms with Gasteiger partial charge in [0.05, 0.1) is 5.69 Å². The Labute approximate surface area is 149 Å². The van der Waals surface area contributed by atoms with Gasteiger partial charge < -0.3 is 4.42 Å². The van der Waals surface area contributed by atoms with Crippen LogP contribution in [0.3, 0.4) is 0 Å². The van der Waals surface area contributed by atoms with Crippen molar-refractivity contribution in [2.45, 2.75) is 0 Å². The Morgan fingerprint density at radius 2 is 1.40 bits per heavy atom. The zero-order chi connectivity index (χ0) is 17.2. The standard InChI is InChI=1S/C21H14ClNO2/c22-17-12-7-13-18(14-17)23-19(15-8-3-1-4-9-15)20(25-21(23)24)16-10-5-2-6-11-16/h1-14H. The van der Waals surface area contributed by atoms with Crippen molar-refractivity contribution >= 4 is 11.6 Å². The fourth-order valence-electron chi connectivity index (χ4n) is 2.87. The van der Waals surface area contributed by atoms with Crippen molar-refractivity contribution in [1.29, 1.82) is 0 Å². The molecule has 0 atom stereocenters. The molecule has 0 fully saturated rings. The summed E-state index contributed by atoms with van der Waals surface area (Å²) in [5.74, 6) is 0.0942. The van der Waals surface area contributed by atoms with Gasteiger partial charge in [-0.3, -0.25) is 0 Å². The van der Waals surface area contributed by atoms with Crippen LogP contribution in [-0.4, -0.2) is 4.57 Å². The molecule has 4 aromatic rings. The van der Waals surface area contributed by atoms with E-state index in [4.69, 9.17) is 16.0 Å². The highest BCUT2D eigenvalue weighted by Crippen LogP contribution is 2.33. The van der Waals surface area contributed by atoms with Crippen molar-refractivity contribution in [3.8, 4) is 28.3 Å². The molecule has 3 nitrogen and oxygen atoms in total. The first-order chi connectivity index (χ1) is 12.2. The molecule has 25 heavy (non-hydrogen) atoms. The van der Waals surface area contributed by atoms with Crippen LogP contribution in [0.5, 0.6) is 0 Å². The molecular weight excluding hydrogens is 334 g/mol. The summed E-state index contributed by atoms with van der Waals surface area (Å²) >= 11 is 6.12. The number of hydrogen-bond donors (Lipinski definition) is 0. The Bertz CT molecular complexity index is 1070. The zero-order valence-corrected chi connectivity index (χ0v) is 14.0. The smallest absolute Gasteiger partial charge is 0.407 e. The number of oxazole rings is 1. The molecule has 0 radical (unpaired) electrons. The molecule has 0 aliphatic carbocycles. The third-order valence-corrected chi connectivity index (χ3v) is 4.20. The van der Waals surface area contributed by atoms with Crippen molar-refractivity contribution in [3.63, 3.8) is 0 Å². The predicted octanol–water partition coefficient (Wildman–Crippen LogP) is 5.42. The number of halogens is 1. The second-order valence-electron chi connectivity index (χ2n) is 5.59. The van der Waals surface area contributed by atoms with Crippen LogP contribution in [-0.2, 0) is 0 Å². The van der Waals surface area contributed by atoms with E-state index in [1.807, 2.05) is 72.8 Å². The van der Waals surface area contributed by atoms with E-state index in [0.29, 0.717) is 22.2 Å². The molecule has 4 rings (SSSR count). The van der Waals surface area contributed by atoms with Crippen molar-refractivity contribution in [2.24, 2.45) is 0 Å². The Hall–Kier alpha value is -3.04. The van der Waals surface area contributed by atoms with Gasteiger partial charge in [0.25, 0.3) is 0 Å². The molecule has 0 aliphatic rings. The Kier molecular flexibility index (Phi) is 4.00. The summed E-state index contributed by atoms with van der Waals surface area (Å²) in [7, 11) is 0. The molecule has 0 amide bonds. The summed E-state index contributed by atoms with van der Waals surface area (Å²) in [5, 5.41) is 0.561. The molecule has 0 saturated heterocycles. The van der Waals surface area contributed by atoms with Gasteiger partial charge in [0.1, 0.15) is 5.69 Å². The highest BCUT2D eigenvalue weighted by molar-refractivity contribution is 6.30. The maximum absolute atomic E-state index is 12.7. The van der Waals surface area contributed by atoms with Gasteiger partial charge in [-0.25, -0.2) is 9.36 Å². The average Bonchev–Trinajstić information content (AvgIpc) is 3.00. The molecular formula is C21H14ClNO2. The maximum Gasteiger partial charge on any atom is 0.424 e. The van der Waals surface area contributed by atoms with Gasteiger partial charge in [-0.1, -0.05) is 78.3 Å². The fraction of sp³-hybridized carbons (Fsp3) is 0.